The molecule has 6 nitrogen and oxygen atoms in total. The highest BCUT2D eigenvalue weighted by Crippen LogP contribution is 2.22. The van der Waals surface area contributed by atoms with Gasteiger partial charge in [-0.25, -0.2) is 4.39 Å². The van der Waals surface area contributed by atoms with Crippen LogP contribution in [0, 0.1) is 19.7 Å². The molecular formula is C18H17FN4O2S. The Labute approximate surface area is 154 Å². The third-order valence-electron chi connectivity index (χ3n) is 3.70. The van der Waals surface area contributed by atoms with Crippen molar-refractivity contribution in [1.29, 1.82) is 0 Å². The molecule has 1 aromatic heterocycles. The maximum Gasteiger partial charge on any atom is 0.316 e. The number of nitrogens with zero attached hydrogens (tertiary/aromatic N) is 4. The SMILES string of the molecule is Cc1ccc(C)c(-n2nnnc2SCC(=O)OCc2ccccc2F)c1. The van der Waals surface area contributed by atoms with Crippen LogP contribution in [0.4, 0.5) is 4.39 Å². The van der Waals surface area contributed by atoms with Gasteiger partial charge in [0.1, 0.15) is 12.4 Å². The molecule has 0 saturated heterocycles. The number of halogens is 1. The molecule has 0 amide bonds. The van der Waals surface area contributed by atoms with Crippen molar-refractivity contribution in [1.82, 2.24) is 20.2 Å². The lowest BCUT2D eigenvalue weighted by atomic mass is 10.1. The molecule has 0 spiro atoms. The molecule has 0 radical (unpaired) electrons. The van der Waals surface area contributed by atoms with E-state index < -0.39 is 11.8 Å². The van der Waals surface area contributed by atoms with Gasteiger partial charge in [0.2, 0.25) is 5.16 Å². The highest BCUT2D eigenvalue weighted by atomic mass is 32.2. The Morgan fingerprint density at radius 3 is 2.85 bits per heavy atom. The third-order valence-corrected chi connectivity index (χ3v) is 4.59. The molecule has 0 bridgehead atoms. The summed E-state index contributed by atoms with van der Waals surface area (Å²) >= 11 is 1.17. The number of aromatic nitrogens is 4. The first-order valence-electron chi connectivity index (χ1n) is 7.92. The van der Waals surface area contributed by atoms with Crippen LogP contribution in [0.5, 0.6) is 0 Å². The Morgan fingerprint density at radius 1 is 1.23 bits per heavy atom. The first kappa shape index (κ1) is 18.1. The predicted octanol–water partition coefficient (Wildman–Crippen LogP) is 3.25. The molecule has 2 aromatic carbocycles. The van der Waals surface area contributed by atoms with E-state index in [1.807, 2.05) is 32.0 Å². The minimum atomic E-state index is -0.464. The fourth-order valence-corrected chi connectivity index (χ4v) is 2.99. The minimum Gasteiger partial charge on any atom is -0.460 e. The maximum absolute atomic E-state index is 13.5. The molecule has 0 aliphatic heterocycles. The van der Waals surface area contributed by atoms with Gasteiger partial charge >= 0.3 is 5.97 Å². The molecule has 1 heterocycles. The number of rotatable bonds is 6. The van der Waals surface area contributed by atoms with Gasteiger partial charge in [-0.3, -0.25) is 4.79 Å². The van der Waals surface area contributed by atoms with Gasteiger partial charge in [0.15, 0.2) is 0 Å². The van der Waals surface area contributed by atoms with Crippen molar-refractivity contribution >= 4 is 17.7 Å². The number of thioether (sulfide) groups is 1. The second kappa shape index (κ2) is 8.09. The quantitative estimate of drug-likeness (QED) is 0.489. The summed E-state index contributed by atoms with van der Waals surface area (Å²) in [5, 5.41) is 12.1. The standard InChI is InChI=1S/C18H17FN4O2S/c1-12-7-8-13(2)16(9-12)23-18(20-21-22-23)26-11-17(24)25-10-14-5-3-4-6-15(14)19/h3-9H,10-11H2,1-2H3. The molecule has 0 fully saturated rings. The summed E-state index contributed by atoms with van der Waals surface area (Å²) < 4.78 is 20.2. The maximum atomic E-state index is 13.5. The van der Waals surface area contributed by atoms with Crippen LogP contribution in [0.1, 0.15) is 16.7 Å². The lowest BCUT2D eigenvalue weighted by molar-refractivity contribution is -0.141. The van der Waals surface area contributed by atoms with Crippen molar-refractivity contribution in [2.45, 2.75) is 25.6 Å². The molecule has 0 saturated carbocycles. The van der Waals surface area contributed by atoms with Gasteiger partial charge < -0.3 is 4.74 Å². The van der Waals surface area contributed by atoms with Crippen molar-refractivity contribution in [3.05, 3.63) is 65.0 Å². The Balaban J connectivity index is 1.62. The van der Waals surface area contributed by atoms with Gasteiger partial charge in [-0.1, -0.05) is 42.1 Å². The summed E-state index contributed by atoms with van der Waals surface area (Å²) in [4.78, 5) is 11.9. The average molecular weight is 372 g/mol. The van der Waals surface area contributed by atoms with Gasteiger partial charge in [0, 0.05) is 5.56 Å². The Kier molecular flexibility index (Phi) is 5.62. The summed E-state index contributed by atoms with van der Waals surface area (Å²) in [5.74, 6) is -0.833. The van der Waals surface area contributed by atoms with Crippen molar-refractivity contribution in [3.8, 4) is 5.69 Å². The normalized spacial score (nSPS) is 10.7. The van der Waals surface area contributed by atoms with Gasteiger partial charge in [-0.2, -0.15) is 4.68 Å². The van der Waals surface area contributed by atoms with Gasteiger partial charge in [-0.15, -0.1) is 5.10 Å². The molecule has 8 heteroatoms. The first-order valence-corrected chi connectivity index (χ1v) is 8.91. The molecule has 3 aromatic rings. The lowest BCUT2D eigenvalue weighted by Gasteiger charge is -2.09. The van der Waals surface area contributed by atoms with Crippen LogP contribution in [0.15, 0.2) is 47.6 Å². The second-order valence-corrected chi connectivity index (χ2v) is 6.65. The topological polar surface area (TPSA) is 69.9 Å². The van der Waals surface area contributed by atoms with E-state index in [1.165, 1.54) is 17.8 Å². The predicted molar refractivity (Wildman–Crippen MR) is 95.5 cm³/mol. The van der Waals surface area contributed by atoms with E-state index in [1.54, 1.807) is 22.9 Å². The number of carbonyl (C=O) groups is 1. The Morgan fingerprint density at radius 2 is 2.04 bits per heavy atom. The van der Waals surface area contributed by atoms with Crippen molar-refractivity contribution < 1.29 is 13.9 Å². The highest BCUT2D eigenvalue weighted by Gasteiger charge is 2.14. The smallest absolute Gasteiger partial charge is 0.316 e. The zero-order valence-electron chi connectivity index (χ0n) is 14.3. The molecule has 0 aliphatic rings. The number of esters is 1. The van der Waals surface area contributed by atoms with Crippen LogP contribution in [0.25, 0.3) is 5.69 Å². The highest BCUT2D eigenvalue weighted by molar-refractivity contribution is 7.99. The Hall–Kier alpha value is -2.74. The fourth-order valence-electron chi connectivity index (χ4n) is 2.31. The van der Waals surface area contributed by atoms with Crippen LogP contribution in [0.2, 0.25) is 0 Å². The van der Waals surface area contributed by atoms with E-state index in [9.17, 15) is 9.18 Å². The number of carbonyl (C=O) groups excluding carboxylic acids is 1. The van der Waals surface area contributed by atoms with E-state index in [0.29, 0.717) is 10.7 Å². The monoisotopic (exact) mass is 372 g/mol. The first-order chi connectivity index (χ1) is 12.5. The molecule has 26 heavy (non-hydrogen) atoms. The van der Waals surface area contributed by atoms with Crippen molar-refractivity contribution in [3.63, 3.8) is 0 Å². The summed E-state index contributed by atoms with van der Waals surface area (Å²) in [6, 6.07) is 12.2. The third kappa shape index (κ3) is 4.26. The molecule has 3 rings (SSSR count). The molecule has 0 aliphatic carbocycles. The van der Waals surface area contributed by atoms with Crippen LogP contribution < -0.4 is 0 Å². The fraction of sp³-hybridized carbons (Fsp3) is 0.222. The molecule has 0 atom stereocenters. The van der Waals surface area contributed by atoms with E-state index >= 15 is 0 Å². The number of hydrogen-bond donors (Lipinski definition) is 0. The van der Waals surface area contributed by atoms with E-state index in [0.717, 1.165) is 16.8 Å². The molecule has 0 N–H and O–H groups in total. The zero-order chi connectivity index (χ0) is 18.5. The summed E-state index contributed by atoms with van der Waals surface area (Å²) in [5.41, 5.74) is 3.30. The van der Waals surface area contributed by atoms with Gasteiger partial charge in [0.05, 0.1) is 11.4 Å². The van der Waals surface area contributed by atoms with E-state index in [2.05, 4.69) is 15.5 Å². The molecule has 134 valence electrons. The van der Waals surface area contributed by atoms with Crippen LogP contribution >= 0.6 is 11.8 Å². The molecular weight excluding hydrogens is 355 g/mol. The lowest BCUT2D eigenvalue weighted by Crippen LogP contribution is -2.09. The number of tetrazole rings is 1. The zero-order valence-corrected chi connectivity index (χ0v) is 15.2. The number of benzene rings is 2. The van der Waals surface area contributed by atoms with Crippen LogP contribution in [-0.2, 0) is 16.1 Å². The van der Waals surface area contributed by atoms with Crippen molar-refractivity contribution in [2.24, 2.45) is 0 Å². The van der Waals surface area contributed by atoms with Gasteiger partial charge in [0.25, 0.3) is 0 Å². The second-order valence-electron chi connectivity index (χ2n) is 5.70. The summed E-state index contributed by atoms with van der Waals surface area (Å²) in [7, 11) is 0. The summed E-state index contributed by atoms with van der Waals surface area (Å²) in [6.07, 6.45) is 0. The number of hydrogen-bond acceptors (Lipinski definition) is 6. The van der Waals surface area contributed by atoms with E-state index in [4.69, 9.17) is 4.74 Å². The summed E-state index contributed by atoms with van der Waals surface area (Å²) in [6.45, 7) is 3.85. The number of ether oxygens (including phenoxy) is 1. The van der Waals surface area contributed by atoms with Crippen LogP contribution in [0.3, 0.4) is 0 Å². The molecule has 0 unspecified atom stereocenters. The largest absolute Gasteiger partial charge is 0.460 e. The van der Waals surface area contributed by atoms with E-state index in [-0.39, 0.29) is 12.4 Å². The number of aryl methyl sites for hydroxylation is 2. The Bertz CT molecular complexity index is 929. The van der Waals surface area contributed by atoms with Crippen LogP contribution in [-0.4, -0.2) is 31.9 Å². The van der Waals surface area contributed by atoms with Crippen molar-refractivity contribution in [2.75, 3.05) is 5.75 Å². The van der Waals surface area contributed by atoms with Gasteiger partial charge in [-0.05, 0) is 47.5 Å². The minimum absolute atomic E-state index is 0.0275. The average Bonchev–Trinajstić information content (AvgIpc) is 3.09.